The van der Waals surface area contributed by atoms with Crippen molar-refractivity contribution in [3.8, 4) is 0 Å². The number of rotatable bonds is 6. The number of halogens is 2. The molecule has 3 nitrogen and oxygen atoms in total. The molecule has 0 saturated carbocycles. The quantitative estimate of drug-likeness (QED) is 0.745. The van der Waals surface area contributed by atoms with E-state index in [1.165, 1.54) is 18.2 Å². The highest BCUT2D eigenvalue weighted by molar-refractivity contribution is 9.11. The monoisotopic (exact) mass is 396 g/mol. The van der Waals surface area contributed by atoms with Crippen LogP contribution in [0, 0.1) is 5.82 Å². The lowest BCUT2D eigenvalue weighted by Gasteiger charge is -2.24. The van der Waals surface area contributed by atoms with E-state index in [4.69, 9.17) is 0 Å². The molecule has 1 N–H and O–H groups in total. The average molecular weight is 397 g/mol. The topological polar surface area (TPSA) is 32.3 Å². The molecule has 0 saturated heterocycles. The zero-order valence-corrected chi connectivity index (χ0v) is 15.3. The van der Waals surface area contributed by atoms with Crippen molar-refractivity contribution in [2.45, 2.75) is 6.04 Å². The summed E-state index contributed by atoms with van der Waals surface area (Å²) in [6.45, 7) is 0.410. The second-order valence-electron chi connectivity index (χ2n) is 5.25. The number of nitrogens with one attached hydrogen (secondary N) is 1. The summed E-state index contributed by atoms with van der Waals surface area (Å²) in [6.07, 6.45) is 3.29. The molecule has 2 aromatic rings. The predicted molar refractivity (Wildman–Crippen MR) is 96.9 cm³/mol. The van der Waals surface area contributed by atoms with Gasteiger partial charge in [0.05, 0.1) is 9.83 Å². The fourth-order valence-corrected chi connectivity index (χ4v) is 3.47. The van der Waals surface area contributed by atoms with E-state index in [9.17, 15) is 9.18 Å². The van der Waals surface area contributed by atoms with E-state index in [1.54, 1.807) is 23.5 Å². The smallest absolute Gasteiger partial charge is 0.244 e. The molecular weight excluding hydrogens is 379 g/mol. The summed E-state index contributed by atoms with van der Waals surface area (Å²) >= 11 is 4.94. The zero-order valence-electron chi connectivity index (χ0n) is 12.9. The molecule has 23 heavy (non-hydrogen) atoms. The summed E-state index contributed by atoms with van der Waals surface area (Å²) in [5, 5.41) is 2.86. The van der Waals surface area contributed by atoms with Gasteiger partial charge in [0.1, 0.15) is 5.82 Å². The van der Waals surface area contributed by atoms with Crippen LogP contribution in [0.4, 0.5) is 4.39 Å². The predicted octanol–water partition coefficient (Wildman–Crippen LogP) is 4.08. The number of benzene rings is 1. The van der Waals surface area contributed by atoms with Crippen LogP contribution in [-0.4, -0.2) is 31.4 Å². The van der Waals surface area contributed by atoms with Gasteiger partial charge in [-0.3, -0.25) is 4.79 Å². The Balaban J connectivity index is 1.96. The fourth-order valence-electron chi connectivity index (χ4n) is 2.14. The van der Waals surface area contributed by atoms with E-state index < -0.39 is 0 Å². The maximum absolute atomic E-state index is 13.4. The maximum Gasteiger partial charge on any atom is 0.244 e. The Kier molecular flexibility index (Phi) is 6.50. The highest BCUT2D eigenvalue weighted by Gasteiger charge is 2.15. The lowest BCUT2D eigenvalue weighted by Crippen LogP contribution is -2.33. The molecule has 0 aliphatic heterocycles. The van der Waals surface area contributed by atoms with Crippen LogP contribution in [0.25, 0.3) is 6.08 Å². The van der Waals surface area contributed by atoms with E-state index in [0.29, 0.717) is 6.54 Å². The van der Waals surface area contributed by atoms with Gasteiger partial charge in [0, 0.05) is 17.5 Å². The van der Waals surface area contributed by atoms with Crippen LogP contribution < -0.4 is 5.32 Å². The van der Waals surface area contributed by atoms with Gasteiger partial charge in [-0.05, 0) is 65.9 Å². The van der Waals surface area contributed by atoms with Crippen LogP contribution in [0.2, 0.25) is 0 Å². The molecule has 1 aromatic heterocycles. The third-order valence-electron chi connectivity index (χ3n) is 3.32. The number of nitrogens with zero attached hydrogens (tertiary/aromatic N) is 1. The molecule has 0 bridgehead atoms. The summed E-state index contributed by atoms with van der Waals surface area (Å²) in [4.78, 5) is 14.9. The van der Waals surface area contributed by atoms with Crippen LogP contribution >= 0.6 is 27.3 Å². The van der Waals surface area contributed by atoms with Crippen LogP contribution in [-0.2, 0) is 4.79 Å². The molecule has 6 heteroatoms. The number of amides is 1. The third kappa shape index (κ3) is 5.57. The van der Waals surface area contributed by atoms with Crippen molar-refractivity contribution in [2.24, 2.45) is 0 Å². The lowest BCUT2D eigenvalue weighted by atomic mass is 10.1. The van der Waals surface area contributed by atoms with Crippen LogP contribution in [0.15, 0.2) is 46.3 Å². The summed E-state index contributed by atoms with van der Waals surface area (Å²) in [5.74, 6) is -0.443. The first kappa shape index (κ1) is 17.8. The van der Waals surface area contributed by atoms with Crippen LogP contribution in [0.1, 0.15) is 16.5 Å². The number of likely N-dealkylation sites (N-methyl/N-ethyl adjacent to an activating group) is 1. The molecule has 122 valence electrons. The normalized spacial score (nSPS) is 12.7. The van der Waals surface area contributed by atoms with Gasteiger partial charge in [-0.15, -0.1) is 11.3 Å². The highest BCUT2D eigenvalue weighted by Crippen LogP contribution is 2.23. The molecule has 2 rings (SSSR count). The van der Waals surface area contributed by atoms with Gasteiger partial charge in [0.25, 0.3) is 0 Å². The average Bonchev–Trinajstić information content (AvgIpc) is 2.91. The van der Waals surface area contributed by atoms with E-state index in [1.807, 2.05) is 37.2 Å². The minimum absolute atomic E-state index is 0.0843. The Morgan fingerprint density at radius 2 is 2.17 bits per heavy atom. The van der Waals surface area contributed by atoms with Gasteiger partial charge in [0.15, 0.2) is 0 Å². The number of hydrogen-bond donors (Lipinski definition) is 1. The third-order valence-corrected chi connectivity index (χ3v) is 4.91. The fraction of sp³-hybridized carbons (Fsp3) is 0.235. The van der Waals surface area contributed by atoms with Crippen molar-refractivity contribution in [1.82, 2.24) is 10.2 Å². The van der Waals surface area contributed by atoms with Gasteiger partial charge >= 0.3 is 0 Å². The Bertz CT molecular complexity index is 699. The van der Waals surface area contributed by atoms with Crippen molar-refractivity contribution in [2.75, 3.05) is 20.6 Å². The summed E-state index contributed by atoms with van der Waals surface area (Å²) < 4.78 is 14.4. The van der Waals surface area contributed by atoms with Gasteiger partial charge in [0.2, 0.25) is 5.91 Å². The van der Waals surface area contributed by atoms with Gasteiger partial charge in [-0.2, -0.15) is 0 Å². The highest BCUT2D eigenvalue weighted by atomic mass is 79.9. The van der Waals surface area contributed by atoms with E-state index >= 15 is 0 Å². The molecule has 1 unspecified atom stereocenters. The van der Waals surface area contributed by atoms with Crippen molar-refractivity contribution in [3.63, 3.8) is 0 Å². The first-order valence-electron chi connectivity index (χ1n) is 7.09. The van der Waals surface area contributed by atoms with Crippen molar-refractivity contribution >= 4 is 39.2 Å². The molecule has 1 amide bonds. The van der Waals surface area contributed by atoms with Crippen molar-refractivity contribution < 1.29 is 9.18 Å². The number of carbonyl (C=O) groups excluding carboxylic acids is 1. The molecule has 1 aromatic carbocycles. The van der Waals surface area contributed by atoms with E-state index in [2.05, 4.69) is 21.2 Å². The number of carbonyl (C=O) groups is 1. The molecule has 0 aliphatic rings. The van der Waals surface area contributed by atoms with Gasteiger partial charge < -0.3 is 10.2 Å². The number of hydrogen-bond acceptors (Lipinski definition) is 3. The Morgan fingerprint density at radius 3 is 2.78 bits per heavy atom. The first-order chi connectivity index (χ1) is 11.0. The Hall–Kier alpha value is -1.50. The molecule has 0 fully saturated rings. The Labute approximate surface area is 147 Å². The van der Waals surface area contributed by atoms with Crippen molar-refractivity contribution in [3.05, 3.63) is 62.5 Å². The second kappa shape index (κ2) is 8.38. The lowest BCUT2D eigenvalue weighted by molar-refractivity contribution is -0.116. The molecule has 1 atom stereocenters. The first-order valence-corrected chi connectivity index (χ1v) is 8.70. The SMILES string of the molecule is CN(C)C(CNC(=O)/C=C/c1ccc(Br)s1)c1cccc(F)c1. The summed E-state index contributed by atoms with van der Waals surface area (Å²) in [5.41, 5.74) is 0.835. The van der Waals surface area contributed by atoms with Crippen molar-refractivity contribution in [1.29, 1.82) is 0 Å². The van der Waals surface area contributed by atoms with Crippen LogP contribution in [0.3, 0.4) is 0 Å². The van der Waals surface area contributed by atoms with Gasteiger partial charge in [-0.25, -0.2) is 4.39 Å². The zero-order chi connectivity index (χ0) is 16.8. The molecule has 0 radical (unpaired) electrons. The standard InChI is InChI=1S/C17H18BrFN2OS/c1-21(2)15(12-4-3-5-13(19)10-12)11-20-17(22)9-7-14-6-8-16(18)23-14/h3-10,15H,11H2,1-2H3,(H,20,22)/b9-7+. The minimum Gasteiger partial charge on any atom is -0.351 e. The summed E-state index contributed by atoms with van der Waals surface area (Å²) in [6, 6.07) is 10.2. The van der Waals surface area contributed by atoms with Gasteiger partial charge in [-0.1, -0.05) is 12.1 Å². The molecular formula is C17H18BrFN2OS. The van der Waals surface area contributed by atoms with E-state index in [-0.39, 0.29) is 17.8 Å². The second-order valence-corrected chi connectivity index (χ2v) is 7.75. The van der Waals surface area contributed by atoms with Crippen LogP contribution in [0.5, 0.6) is 0 Å². The molecule has 1 heterocycles. The molecule has 0 spiro atoms. The maximum atomic E-state index is 13.4. The largest absolute Gasteiger partial charge is 0.351 e. The Morgan fingerprint density at radius 1 is 1.39 bits per heavy atom. The van der Waals surface area contributed by atoms with E-state index in [0.717, 1.165) is 14.2 Å². The number of thiophene rings is 1. The summed E-state index contributed by atoms with van der Waals surface area (Å²) in [7, 11) is 3.81. The minimum atomic E-state index is -0.274. The molecule has 0 aliphatic carbocycles.